The lowest BCUT2D eigenvalue weighted by Gasteiger charge is -2.35. The summed E-state index contributed by atoms with van der Waals surface area (Å²) in [5, 5.41) is 5.58. The highest BCUT2D eigenvalue weighted by atomic mass is 16.5. The maximum absolute atomic E-state index is 12.2. The second kappa shape index (κ2) is 8.54. The van der Waals surface area contributed by atoms with Gasteiger partial charge in [0.25, 0.3) is 0 Å². The van der Waals surface area contributed by atoms with Crippen LogP contribution < -0.4 is 20.1 Å². The van der Waals surface area contributed by atoms with Gasteiger partial charge in [-0.25, -0.2) is 0 Å². The van der Waals surface area contributed by atoms with Gasteiger partial charge in [-0.1, -0.05) is 6.07 Å². The molecule has 132 valence electrons. The summed E-state index contributed by atoms with van der Waals surface area (Å²) in [5.74, 6) is 1.19. The fourth-order valence-electron chi connectivity index (χ4n) is 2.82. The molecule has 2 rings (SSSR count). The molecule has 1 fully saturated rings. The van der Waals surface area contributed by atoms with E-state index in [9.17, 15) is 9.59 Å². The summed E-state index contributed by atoms with van der Waals surface area (Å²) in [6.45, 7) is 4.21. The van der Waals surface area contributed by atoms with Gasteiger partial charge < -0.3 is 20.1 Å². The second-order valence-electron chi connectivity index (χ2n) is 5.61. The standard InChI is InChI=1S/C17H25N3O4/c1-4-18-16(21)10-14-17(22)19-7-8-20(14)11-12-5-6-13(23-2)9-15(12)24-3/h5-6,9,14H,4,7-8,10-11H2,1-3H3,(H,18,21)(H,19,22). The molecule has 1 aliphatic rings. The monoisotopic (exact) mass is 335 g/mol. The van der Waals surface area contributed by atoms with Crippen LogP contribution in [0.25, 0.3) is 0 Å². The molecule has 2 N–H and O–H groups in total. The molecule has 1 aromatic carbocycles. The Morgan fingerprint density at radius 2 is 2.17 bits per heavy atom. The zero-order valence-electron chi connectivity index (χ0n) is 14.4. The molecule has 0 aliphatic carbocycles. The Bertz CT molecular complexity index is 591. The molecule has 7 heteroatoms. The number of ether oxygens (including phenoxy) is 2. The van der Waals surface area contributed by atoms with E-state index < -0.39 is 6.04 Å². The number of hydrogen-bond acceptors (Lipinski definition) is 5. The van der Waals surface area contributed by atoms with Crippen LogP contribution in [0.4, 0.5) is 0 Å². The number of piperazine rings is 1. The Labute approximate surface area is 142 Å². The molecule has 0 radical (unpaired) electrons. The summed E-state index contributed by atoms with van der Waals surface area (Å²) in [5.41, 5.74) is 0.953. The number of hydrogen-bond donors (Lipinski definition) is 2. The van der Waals surface area contributed by atoms with E-state index in [-0.39, 0.29) is 18.2 Å². The SMILES string of the molecule is CCNC(=O)CC1C(=O)NCCN1Cc1ccc(OC)cc1OC. The quantitative estimate of drug-likeness (QED) is 0.760. The number of methoxy groups -OCH3 is 2. The number of amides is 2. The fraction of sp³-hybridized carbons (Fsp3) is 0.529. The number of nitrogens with zero attached hydrogens (tertiary/aromatic N) is 1. The smallest absolute Gasteiger partial charge is 0.237 e. The second-order valence-corrected chi connectivity index (χ2v) is 5.61. The van der Waals surface area contributed by atoms with Crippen molar-refractivity contribution in [3.63, 3.8) is 0 Å². The third kappa shape index (κ3) is 4.38. The molecule has 2 amide bonds. The normalized spacial score (nSPS) is 18.0. The number of nitrogens with one attached hydrogen (secondary N) is 2. The van der Waals surface area contributed by atoms with Crippen LogP contribution in [-0.2, 0) is 16.1 Å². The molecule has 1 heterocycles. The zero-order valence-corrected chi connectivity index (χ0v) is 14.4. The number of benzene rings is 1. The average molecular weight is 335 g/mol. The van der Waals surface area contributed by atoms with E-state index in [0.717, 1.165) is 5.56 Å². The van der Waals surface area contributed by atoms with Gasteiger partial charge in [0.05, 0.1) is 26.7 Å². The highest BCUT2D eigenvalue weighted by molar-refractivity contribution is 5.88. The van der Waals surface area contributed by atoms with E-state index >= 15 is 0 Å². The van der Waals surface area contributed by atoms with Gasteiger partial charge in [-0.2, -0.15) is 0 Å². The van der Waals surface area contributed by atoms with E-state index in [2.05, 4.69) is 10.6 Å². The topological polar surface area (TPSA) is 79.9 Å². The van der Waals surface area contributed by atoms with E-state index in [1.54, 1.807) is 14.2 Å². The number of rotatable bonds is 7. The summed E-state index contributed by atoms with van der Waals surface area (Å²) in [7, 11) is 3.21. The third-order valence-corrected chi connectivity index (χ3v) is 4.06. The van der Waals surface area contributed by atoms with Crippen molar-refractivity contribution >= 4 is 11.8 Å². The zero-order chi connectivity index (χ0) is 17.5. The molecule has 7 nitrogen and oxygen atoms in total. The molecule has 0 spiro atoms. The van der Waals surface area contributed by atoms with Crippen molar-refractivity contribution in [3.8, 4) is 11.5 Å². The lowest BCUT2D eigenvalue weighted by Crippen LogP contribution is -2.56. The lowest BCUT2D eigenvalue weighted by molar-refractivity contribution is -0.134. The molecule has 0 aromatic heterocycles. The van der Waals surface area contributed by atoms with E-state index in [4.69, 9.17) is 9.47 Å². The average Bonchev–Trinajstić information content (AvgIpc) is 2.58. The van der Waals surface area contributed by atoms with Crippen LogP contribution in [0.15, 0.2) is 18.2 Å². The maximum atomic E-state index is 12.2. The summed E-state index contributed by atoms with van der Waals surface area (Å²) in [4.78, 5) is 26.1. The highest BCUT2D eigenvalue weighted by Crippen LogP contribution is 2.27. The van der Waals surface area contributed by atoms with E-state index in [1.165, 1.54) is 0 Å². The third-order valence-electron chi connectivity index (χ3n) is 4.06. The molecule has 1 atom stereocenters. The first kappa shape index (κ1) is 18.1. The van der Waals surface area contributed by atoms with Crippen LogP contribution in [0, 0.1) is 0 Å². The van der Waals surface area contributed by atoms with Crippen LogP contribution in [0.5, 0.6) is 11.5 Å². The summed E-state index contributed by atoms with van der Waals surface area (Å²) >= 11 is 0. The number of carbonyl (C=O) groups is 2. The van der Waals surface area contributed by atoms with Gasteiger partial charge in [0.2, 0.25) is 11.8 Å². The van der Waals surface area contributed by atoms with Crippen molar-refractivity contribution in [1.82, 2.24) is 15.5 Å². The molecule has 1 aromatic rings. The minimum atomic E-state index is -0.475. The van der Waals surface area contributed by atoms with Gasteiger partial charge in [-0.15, -0.1) is 0 Å². The largest absolute Gasteiger partial charge is 0.497 e. The van der Waals surface area contributed by atoms with E-state index in [0.29, 0.717) is 37.7 Å². The minimum absolute atomic E-state index is 0.111. The van der Waals surface area contributed by atoms with Crippen LogP contribution in [-0.4, -0.2) is 56.6 Å². The van der Waals surface area contributed by atoms with Crippen molar-refractivity contribution in [3.05, 3.63) is 23.8 Å². The van der Waals surface area contributed by atoms with Gasteiger partial charge in [0.15, 0.2) is 0 Å². The highest BCUT2D eigenvalue weighted by Gasteiger charge is 2.31. The summed E-state index contributed by atoms with van der Waals surface area (Å²) < 4.78 is 10.6. The molecular formula is C17H25N3O4. The Morgan fingerprint density at radius 1 is 1.38 bits per heavy atom. The van der Waals surface area contributed by atoms with Gasteiger partial charge in [-0.05, 0) is 13.0 Å². The first-order valence-corrected chi connectivity index (χ1v) is 8.08. The molecule has 1 unspecified atom stereocenters. The molecule has 0 saturated carbocycles. The predicted molar refractivity (Wildman–Crippen MR) is 90.1 cm³/mol. The van der Waals surface area contributed by atoms with Crippen LogP contribution in [0.3, 0.4) is 0 Å². The van der Waals surface area contributed by atoms with Gasteiger partial charge >= 0.3 is 0 Å². The molecule has 1 saturated heterocycles. The Hall–Kier alpha value is -2.28. The maximum Gasteiger partial charge on any atom is 0.237 e. The van der Waals surface area contributed by atoms with Crippen molar-refractivity contribution in [2.45, 2.75) is 25.9 Å². The van der Waals surface area contributed by atoms with Crippen molar-refractivity contribution < 1.29 is 19.1 Å². The van der Waals surface area contributed by atoms with Crippen LogP contribution in [0.2, 0.25) is 0 Å². The lowest BCUT2D eigenvalue weighted by atomic mass is 10.1. The van der Waals surface area contributed by atoms with Crippen molar-refractivity contribution in [2.75, 3.05) is 33.9 Å². The first-order chi connectivity index (χ1) is 11.6. The van der Waals surface area contributed by atoms with Crippen LogP contribution >= 0.6 is 0 Å². The van der Waals surface area contributed by atoms with Gasteiger partial charge in [0, 0.05) is 37.8 Å². The molecular weight excluding hydrogens is 310 g/mol. The Kier molecular flexibility index (Phi) is 6.43. The van der Waals surface area contributed by atoms with Crippen molar-refractivity contribution in [1.29, 1.82) is 0 Å². The fourth-order valence-corrected chi connectivity index (χ4v) is 2.82. The molecule has 1 aliphatic heterocycles. The minimum Gasteiger partial charge on any atom is -0.497 e. The van der Waals surface area contributed by atoms with Gasteiger partial charge in [0.1, 0.15) is 11.5 Å². The predicted octanol–water partition coefficient (Wildman–Crippen LogP) is 0.530. The number of carbonyl (C=O) groups excluding carboxylic acids is 2. The van der Waals surface area contributed by atoms with Crippen molar-refractivity contribution in [2.24, 2.45) is 0 Å². The van der Waals surface area contributed by atoms with Gasteiger partial charge in [-0.3, -0.25) is 14.5 Å². The Balaban J connectivity index is 2.15. The summed E-state index contributed by atoms with van der Waals surface area (Å²) in [6.07, 6.45) is 0.151. The molecule has 24 heavy (non-hydrogen) atoms. The van der Waals surface area contributed by atoms with E-state index in [1.807, 2.05) is 30.0 Å². The Morgan fingerprint density at radius 3 is 2.83 bits per heavy atom. The van der Waals surface area contributed by atoms with Crippen LogP contribution in [0.1, 0.15) is 18.9 Å². The molecule has 0 bridgehead atoms. The first-order valence-electron chi connectivity index (χ1n) is 8.08. The summed E-state index contributed by atoms with van der Waals surface area (Å²) in [6, 6.07) is 5.13.